The topological polar surface area (TPSA) is 54.4 Å². The summed E-state index contributed by atoms with van der Waals surface area (Å²) in [4.78, 5) is 4.39. The highest BCUT2D eigenvalue weighted by Crippen LogP contribution is 2.12. The van der Waals surface area contributed by atoms with E-state index in [1.54, 1.807) is 14.0 Å². The Balaban J connectivity index is 2.44. The van der Waals surface area contributed by atoms with Gasteiger partial charge in [-0.25, -0.2) is 0 Å². The summed E-state index contributed by atoms with van der Waals surface area (Å²) in [7, 11) is 1.65. The maximum Gasteiger partial charge on any atom is 0.122 e. The van der Waals surface area contributed by atoms with Gasteiger partial charge in [-0.15, -0.1) is 0 Å². The van der Waals surface area contributed by atoms with E-state index in [4.69, 9.17) is 9.84 Å². The Kier molecular flexibility index (Phi) is 5.22. The standard InChI is InChI=1S/C12H20N2O2/c1-9-6-12(16-3)7-11(14-9)8-13-5-4-10(2)15/h6-7,10,13,15H,4-5,8H2,1-3H3. The van der Waals surface area contributed by atoms with Crippen LogP contribution >= 0.6 is 0 Å². The van der Waals surface area contributed by atoms with E-state index in [-0.39, 0.29) is 6.10 Å². The van der Waals surface area contributed by atoms with Gasteiger partial charge in [0.15, 0.2) is 0 Å². The Morgan fingerprint density at radius 1 is 1.50 bits per heavy atom. The third kappa shape index (κ3) is 4.59. The fraction of sp³-hybridized carbons (Fsp3) is 0.583. The number of pyridine rings is 1. The number of rotatable bonds is 6. The molecule has 0 aromatic carbocycles. The van der Waals surface area contributed by atoms with Crippen molar-refractivity contribution in [2.75, 3.05) is 13.7 Å². The van der Waals surface area contributed by atoms with Gasteiger partial charge in [0.05, 0.1) is 18.9 Å². The van der Waals surface area contributed by atoms with Crippen LogP contribution < -0.4 is 10.1 Å². The Labute approximate surface area is 96.7 Å². The number of aromatic nitrogens is 1. The molecule has 0 saturated heterocycles. The number of nitrogens with one attached hydrogen (secondary N) is 1. The monoisotopic (exact) mass is 224 g/mol. The summed E-state index contributed by atoms with van der Waals surface area (Å²) in [6.45, 7) is 5.22. The molecule has 0 aliphatic carbocycles. The van der Waals surface area contributed by atoms with E-state index in [0.717, 1.165) is 30.1 Å². The summed E-state index contributed by atoms with van der Waals surface area (Å²) < 4.78 is 5.17. The van der Waals surface area contributed by atoms with E-state index in [9.17, 15) is 0 Å². The normalized spacial score (nSPS) is 12.5. The molecule has 4 heteroatoms. The van der Waals surface area contributed by atoms with Crippen LogP contribution in [0.5, 0.6) is 5.75 Å². The van der Waals surface area contributed by atoms with Crippen LogP contribution in [0.3, 0.4) is 0 Å². The molecule has 90 valence electrons. The first-order valence-electron chi connectivity index (χ1n) is 5.52. The molecule has 1 heterocycles. The number of hydrogen-bond donors (Lipinski definition) is 2. The molecular formula is C12H20N2O2. The number of ether oxygens (including phenoxy) is 1. The number of aliphatic hydroxyl groups excluding tert-OH is 1. The second-order valence-electron chi connectivity index (χ2n) is 3.95. The van der Waals surface area contributed by atoms with Crippen molar-refractivity contribution >= 4 is 0 Å². The Morgan fingerprint density at radius 3 is 2.88 bits per heavy atom. The zero-order chi connectivity index (χ0) is 12.0. The molecule has 1 atom stereocenters. The number of methoxy groups -OCH3 is 1. The van der Waals surface area contributed by atoms with Crippen LogP contribution in [0.25, 0.3) is 0 Å². The van der Waals surface area contributed by atoms with E-state index < -0.39 is 0 Å². The van der Waals surface area contributed by atoms with Crippen molar-refractivity contribution in [3.05, 3.63) is 23.5 Å². The smallest absolute Gasteiger partial charge is 0.122 e. The maximum atomic E-state index is 9.10. The van der Waals surface area contributed by atoms with Crippen molar-refractivity contribution in [3.63, 3.8) is 0 Å². The van der Waals surface area contributed by atoms with Crippen LogP contribution in [0.4, 0.5) is 0 Å². The molecule has 1 unspecified atom stereocenters. The largest absolute Gasteiger partial charge is 0.497 e. The second-order valence-corrected chi connectivity index (χ2v) is 3.95. The SMILES string of the molecule is COc1cc(C)nc(CNCCC(C)O)c1. The first-order chi connectivity index (χ1) is 7.61. The summed E-state index contributed by atoms with van der Waals surface area (Å²) >= 11 is 0. The average Bonchev–Trinajstić information content (AvgIpc) is 2.23. The lowest BCUT2D eigenvalue weighted by Gasteiger charge is -2.08. The predicted molar refractivity (Wildman–Crippen MR) is 63.5 cm³/mol. The number of aliphatic hydroxyl groups is 1. The molecule has 0 spiro atoms. The molecule has 4 nitrogen and oxygen atoms in total. The lowest BCUT2D eigenvalue weighted by atomic mass is 10.2. The van der Waals surface area contributed by atoms with Gasteiger partial charge in [-0.3, -0.25) is 4.98 Å². The molecule has 1 rings (SSSR count). The quantitative estimate of drug-likeness (QED) is 0.714. The van der Waals surface area contributed by atoms with Crippen molar-refractivity contribution in [1.82, 2.24) is 10.3 Å². The molecule has 16 heavy (non-hydrogen) atoms. The average molecular weight is 224 g/mol. The highest BCUT2D eigenvalue weighted by Gasteiger charge is 2.00. The van der Waals surface area contributed by atoms with Crippen LogP contribution in [-0.2, 0) is 6.54 Å². The number of nitrogens with zero attached hydrogens (tertiary/aromatic N) is 1. The van der Waals surface area contributed by atoms with Gasteiger partial charge in [-0.1, -0.05) is 0 Å². The summed E-state index contributed by atoms with van der Waals surface area (Å²) in [6, 6.07) is 3.82. The van der Waals surface area contributed by atoms with Crippen LogP contribution in [0.2, 0.25) is 0 Å². The third-order valence-corrected chi connectivity index (χ3v) is 2.26. The Morgan fingerprint density at radius 2 is 2.25 bits per heavy atom. The zero-order valence-corrected chi connectivity index (χ0v) is 10.2. The fourth-order valence-electron chi connectivity index (χ4n) is 1.44. The molecule has 0 bridgehead atoms. The molecule has 0 radical (unpaired) electrons. The molecule has 0 aliphatic heterocycles. The molecule has 0 saturated carbocycles. The Bertz CT molecular complexity index is 327. The van der Waals surface area contributed by atoms with Crippen molar-refractivity contribution < 1.29 is 9.84 Å². The highest BCUT2D eigenvalue weighted by molar-refractivity contribution is 5.26. The molecule has 0 fully saturated rings. The van der Waals surface area contributed by atoms with Crippen molar-refractivity contribution in [1.29, 1.82) is 0 Å². The Hall–Kier alpha value is -1.13. The first-order valence-corrected chi connectivity index (χ1v) is 5.52. The highest BCUT2D eigenvalue weighted by atomic mass is 16.5. The van der Waals surface area contributed by atoms with Gasteiger partial charge in [-0.05, 0) is 26.8 Å². The molecule has 2 N–H and O–H groups in total. The minimum Gasteiger partial charge on any atom is -0.497 e. The molecule has 0 aliphatic rings. The van der Waals surface area contributed by atoms with Crippen LogP contribution in [0, 0.1) is 6.92 Å². The second kappa shape index (κ2) is 6.45. The van der Waals surface area contributed by atoms with Gasteiger partial charge in [0.1, 0.15) is 5.75 Å². The van der Waals surface area contributed by atoms with E-state index >= 15 is 0 Å². The van der Waals surface area contributed by atoms with Gasteiger partial charge < -0.3 is 15.2 Å². The fourth-order valence-corrected chi connectivity index (χ4v) is 1.44. The first kappa shape index (κ1) is 12.9. The molecule has 1 aromatic heterocycles. The molecule has 1 aromatic rings. The van der Waals surface area contributed by atoms with Crippen LogP contribution in [0.15, 0.2) is 12.1 Å². The summed E-state index contributed by atoms with van der Waals surface area (Å²) in [5, 5.41) is 12.3. The van der Waals surface area contributed by atoms with Crippen molar-refractivity contribution in [2.24, 2.45) is 0 Å². The van der Waals surface area contributed by atoms with Gasteiger partial charge in [0, 0.05) is 24.4 Å². The van der Waals surface area contributed by atoms with Crippen molar-refractivity contribution in [3.8, 4) is 5.75 Å². The lowest BCUT2D eigenvalue weighted by Crippen LogP contribution is -2.19. The molecular weight excluding hydrogens is 204 g/mol. The predicted octanol–water partition coefficient (Wildman–Crippen LogP) is 1.26. The van der Waals surface area contributed by atoms with Crippen LogP contribution in [-0.4, -0.2) is 29.8 Å². The zero-order valence-electron chi connectivity index (χ0n) is 10.2. The summed E-state index contributed by atoms with van der Waals surface area (Å²) in [6.07, 6.45) is 0.496. The minimum absolute atomic E-state index is 0.257. The summed E-state index contributed by atoms with van der Waals surface area (Å²) in [5.74, 6) is 0.833. The maximum absolute atomic E-state index is 9.10. The van der Waals surface area contributed by atoms with Gasteiger partial charge >= 0.3 is 0 Å². The van der Waals surface area contributed by atoms with Crippen molar-refractivity contribution in [2.45, 2.75) is 32.9 Å². The molecule has 0 amide bonds. The van der Waals surface area contributed by atoms with Gasteiger partial charge in [-0.2, -0.15) is 0 Å². The lowest BCUT2D eigenvalue weighted by molar-refractivity contribution is 0.183. The third-order valence-electron chi connectivity index (χ3n) is 2.26. The van der Waals surface area contributed by atoms with Gasteiger partial charge in [0.2, 0.25) is 0 Å². The number of hydrogen-bond acceptors (Lipinski definition) is 4. The summed E-state index contributed by atoms with van der Waals surface area (Å²) in [5.41, 5.74) is 1.91. The van der Waals surface area contributed by atoms with Gasteiger partial charge in [0.25, 0.3) is 0 Å². The van der Waals surface area contributed by atoms with E-state index in [0.29, 0.717) is 6.54 Å². The van der Waals surface area contributed by atoms with E-state index in [1.165, 1.54) is 0 Å². The van der Waals surface area contributed by atoms with E-state index in [2.05, 4.69) is 10.3 Å². The minimum atomic E-state index is -0.257. The van der Waals surface area contributed by atoms with E-state index in [1.807, 2.05) is 19.1 Å². The number of aryl methyl sites for hydroxylation is 1. The van der Waals surface area contributed by atoms with Crippen LogP contribution in [0.1, 0.15) is 24.7 Å².